The Bertz CT molecular complexity index is 162. The van der Waals surface area contributed by atoms with Crippen LogP contribution in [0.2, 0.25) is 0 Å². The fourth-order valence-electron chi connectivity index (χ4n) is 0.232. The van der Waals surface area contributed by atoms with Crippen molar-refractivity contribution in [2.75, 3.05) is 0 Å². The maximum absolute atomic E-state index is 10.7. The van der Waals surface area contributed by atoms with Crippen LogP contribution in [0.25, 0.3) is 0 Å². The summed E-state index contributed by atoms with van der Waals surface area (Å²) < 4.78 is 9.55. The second-order valence-electron chi connectivity index (χ2n) is 2.18. The summed E-state index contributed by atoms with van der Waals surface area (Å²) in [5.74, 6) is 0. The first kappa shape index (κ1) is 11.1. The Kier molecular flexibility index (Phi) is 3.59. The van der Waals surface area contributed by atoms with Crippen LogP contribution in [0.3, 0.4) is 0 Å². The number of hydrogen-bond donors (Lipinski definition) is 2. The van der Waals surface area contributed by atoms with E-state index in [9.17, 15) is 4.57 Å². The van der Waals surface area contributed by atoms with Gasteiger partial charge in [-0.1, -0.05) is 38.8 Å². The van der Waals surface area contributed by atoms with Gasteiger partial charge in [-0.15, -0.1) is 0 Å². The molecule has 0 fully saturated rings. The first-order valence-corrected chi connectivity index (χ1v) is 5.90. The zero-order valence-corrected chi connectivity index (χ0v) is 9.65. The van der Waals surface area contributed by atoms with Gasteiger partial charge >= 0.3 is 7.60 Å². The Hall–Kier alpha value is 1.11. The molecule has 2 unspecified atom stereocenters. The number of alkyl halides is 2. The largest absolute Gasteiger partial charge is 0.342 e. The van der Waals surface area contributed by atoms with Crippen LogP contribution in [0, 0.1) is 0 Å². The van der Waals surface area contributed by atoms with E-state index in [2.05, 4.69) is 31.9 Å². The maximum atomic E-state index is 10.7. The zero-order chi connectivity index (χ0) is 8.58. The van der Waals surface area contributed by atoms with E-state index in [-0.39, 0.29) is 4.83 Å². The lowest BCUT2D eigenvalue weighted by molar-refractivity contribution is 0.356. The van der Waals surface area contributed by atoms with Gasteiger partial charge in [-0.3, -0.25) is 4.57 Å². The molecule has 0 aromatic heterocycles. The van der Waals surface area contributed by atoms with Gasteiger partial charge in [0.2, 0.25) is 0 Å². The SMILES string of the molecule is CC(Br)C(C)(Br)P(=O)(O)O. The van der Waals surface area contributed by atoms with E-state index in [1.807, 2.05) is 0 Å². The molecule has 62 valence electrons. The van der Waals surface area contributed by atoms with Gasteiger partial charge < -0.3 is 9.79 Å². The van der Waals surface area contributed by atoms with Crippen LogP contribution in [0.4, 0.5) is 0 Å². The van der Waals surface area contributed by atoms with E-state index < -0.39 is 11.7 Å². The summed E-state index contributed by atoms with van der Waals surface area (Å²) in [6.45, 7) is 3.13. The maximum Gasteiger partial charge on any atom is 0.342 e. The van der Waals surface area contributed by atoms with E-state index in [1.165, 1.54) is 6.92 Å². The summed E-state index contributed by atoms with van der Waals surface area (Å²) in [5, 5.41) is 0. The molecule has 10 heavy (non-hydrogen) atoms. The molecule has 0 aliphatic heterocycles. The quantitative estimate of drug-likeness (QED) is 0.606. The first-order valence-electron chi connectivity index (χ1n) is 2.58. The van der Waals surface area contributed by atoms with Crippen molar-refractivity contribution in [3.05, 3.63) is 0 Å². The van der Waals surface area contributed by atoms with Gasteiger partial charge in [0.15, 0.2) is 0 Å². The molecule has 0 aliphatic carbocycles. The van der Waals surface area contributed by atoms with E-state index in [1.54, 1.807) is 6.92 Å². The molecule has 0 amide bonds. The Morgan fingerprint density at radius 3 is 1.90 bits per heavy atom. The van der Waals surface area contributed by atoms with Crippen LogP contribution in [0.15, 0.2) is 0 Å². The van der Waals surface area contributed by atoms with Crippen LogP contribution in [0.5, 0.6) is 0 Å². The molecule has 0 radical (unpaired) electrons. The van der Waals surface area contributed by atoms with Gasteiger partial charge in [-0.05, 0) is 6.92 Å². The molecule has 0 heterocycles. The molecule has 0 aliphatic rings. The van der Waals surface area contributed by atoms with E-state index in [0.717, 1.165) is 0 Å². The third-order valence-corrected chi connectivity index (χ3v) is 6.78. The van der Waals surface area contributed by atoms with Crippen LogP contribution < -0.4 is 0 Å². The first-order chi connectivity index (χ1) is 4.19. The highest BCUT2D eigenvalue weighted by Gasteiger charge is 2.43. The average Bonchev–Trinajstić information content (AvgIpc) is 1.62. The second kappa shape index (κ2) is 3.23. The van der Waals surface area contributed by atoms with E-state index >= 15 is 0 Å². The molecule has 0 rings (SSSR count). The summed E-state index contributed by atoms with van der Waals surface area (Å²) in [4.78, 5) is 17.2. The molecular weight excluding hydrogens is 287 g/mol. The van der Waals surface area contributed by atoms with Crippen molar-refractivity contribution in [3.63, 3.8) is 0 Å². The minimum absolute atomic E-state index is 0.277. The molecule has 0 aromatic rings. The van der Waals surface area contributed by atoms with Gasteiger partial charge in [0.05, 0.1) is 0 Å². The van der Waals surface area contributed by atoms with Gasteiger partial charge in [0.1, 0.15) is 4.07 Å². The lowest BCUT2D eigenvalue weighted by atomic mass is 10.4. The highest BCUT2D eigenvalue weighted by atomic mass is 79.9. The van der Waals surface area contributed by atoms with E-state index in [0.29, 0.717) is 0 Å². The van der Waals surface area contributed by atoms with Crippen molar-refractivity contribution in [3.8, 4) is 0 Å². The summed E-state index contributed by atoms with van der Waals surface area (Å²) >= 11 is 6.05. The van der Waals surface area contributed by atoms with Gasteiger partial charge in [0.25, 0.3) is 0 Å². The van der Waals surface area contributed by atoms with Crippen molar-refractivity contribution in [1.29, 1.82) is 0 Å². The van der Waals surface area contributed by atoms with Crippen LogP contribution >= 0.6 is 39.5 Å². The lowest BCUT2D eigenvalue weighted by Gasteiger charge is -2.26. The topological polar surface area (TPSA) is 57.5 Å². The number of rotatable bonds is 2. The third-order valence-electron chi connectivity index (χ3n) is 1.30. The minimum Gasteiger partial charge on any atom is -0.323 e. The predicted molar refractivity (Wildman–Crippen MR) is 47.8 cm³/mol. The van der Waals surface area contributed by atoms with Crippen LogP contribution in [0.1, 0.15) is 13.8 Å². The fraction of sp³-hybridized carbons (Fsp3) is 1.00. The van der Waals surface area contributed by atoms with E-state index in [4.69, 9.17) is 9.79 Å². The molecule has 2 N–H and O–H groups in total. The second-order valence-corrected chi connectivity index (χ2v) is 7.83. The molecule has 0 spiro atoms. The third kappa shape index (κ3) is 2.31. The van der Waals surface area contributed by atoms with Crippen molar-refractivity contribution < 1.29 is 14.4 Å². The summed E-state index contributed by atoms with van der Waals surface area (Å²) in [6.07, 6.45) is 0. The highest BCUT2D eigenvalue weighted by molar-refractivity contribution is 9.13. The van der Waals surface area contributed by atoms with Crippen LogP contribution in [-0.4, -0.2) is 18.7 Å². The minimum atomic E-state index is -4.05. The Balaban J connectivity index is 4.58. The predicted octanol–water partition coefficient (Wildman–Crippen LogP) is 2.06. The van der Waals surface area contributed by atoms with Crippen molar-refractivity contribution in [2.24, 2.45) is 0 Å². The summed E-state index contributed by atoms with van der Waals surface area (Å²) in [6, 6.07) is 0. The Morgan fingerprint density at radius 2 is 1.90 bits per heavy atom. The average molecular weight is 296 g/mol. The normalized spacial score (nSPS) is 21.8. The Labute approximate surface area is 76.6 Å². The monoisotopic (exact) mass is 294 g/mol. The van der Waals surface area contributed by atoms with Crippen molar-refractivity contribution in [2.45, 2.75) is 22.7 Å². The molecule has 2 atom stereocenters. The van der Waals surface area contributed by atoms with Crippen molar-refractivity contribution >= 4 is 39.5 Å². The number of halogens is 2. The molecular formula is C4H9Br2O3P. The van der Waals surface area contributed by atoms with Gasteiger partial charge in [-0.25, -0.2) is 0 Å². The summed E-state index contributed by atoms with van der Waals surface area (Å²) in [5.41, 5.74) is 0. The highest BCUT2D eigenvalue weighted by Crippen LogP contribution is 2.57. The molecule has 0 bridgehead atoms. The van der Waals surface area contributed by atoms with Crippen molar-refractivity contribution in [1.82, 2.24) is 0 Å². The number of hydrogen-bond acceptors (Lipinski definition) is 1. The fourth-order valence-corrected chi connectivity index (χ4v) is 1.50. The van der Waals surface area contributed by atoms with Crippen LogP contribution in [-0.2, 0) is 4.57 Å². The molecule has 0 saturated heterocycles. The Morgan fingerprint density at radius 1 is 1.60 bits per heavy atom. The molecule has 0 saturated carbocycles. The molecule has 3 nitrogen and oxygen atoms in total. The standard InChI is InChI=1S/C4H9Br2O3P/c1-3(5)4(2,6)10(7,8)9/h3H,1-2H3,(H2,7,8,9). The zero-order valence-electron chi connectivity index (χ0n) is 5.58. The smallest absolute Gasteiger partial charge is 0.323 e. The van der Waals surface area contributed by atoms with Gasteiger partial charge in [0, 0.05) is 4.83 Å². The summed E-state index contributed by atoms with van der Waals surface area (Å²) in [7, 11) is -4.05. The molecule has 0 aromatic carbocycles. The lowest BCUT2D eigenvalue weighted by Crippen LogP contribution is -2.25. The van der Waals surface area contributed by atoms with Gasteiger partial charge in [-0.2, -0.15) is 0 Å². The molecule has 6 heteroatoms.